The van der Waals surface area contributed by atoms with Crippen molar-refractivity contribution in [2.75, 3.05) is 19.6 Å². The van der Waals surface area contributed by atoms with Gasteiger partial charge in [0.1, 0.15) is 6.33 Å². The third-order valence-corrected chi connectivity index (χ3v) is 1.77. The van der Waals surface area contributed by atoms with Gasteiger partial charge in [0.25, 0.3) is 0 Å². The van der Waals surface area contributed by atoms with Crippen molar-refractivity contribution in [2.24, 2.45) is 4.99 Å². The molecule has 0 atom stereocenters. The smallest absolute Gasteiger partial charge is 0.138 e. The summed E-state index contributed by atoms with van der Waals surface area (Å²) in [6, 6.07) is 0. The Hall–Kier alpha value is -1.46. The van der Waals surface area contributed by atoms with Crippen LogP contribution >= 0.6 is 0 Å². The van der Waals surface area contributed by atoms with Crippen molar-refractivity contribution in [3.05, 3.63) is 6.33 Å². The molecule has 0 saturated heterocycles. The molecule has 0 unspecified atom stereocenters. The summed E-state index contributed by atoms with van der Waals surface area (Å²) in [5.41, 5.74) is 0. The summed E-state index contributed by atoms with van der Waals surface area (Å²) < 4.78 is 1.71. The molecule has 6 heteroatoms. The zero-order valence-corrected chi connectivity index (χ0v) is 6.67. The molecule has 0 aliphatic carbocycles. The van der Waals surface area contributed by atoms with Crippen molar-refractivity contribution < 1.29 is 0 Å². The number of nitrogens with zero attached hydrogens (tertiary/aromatic N) is 6. The maximum Gasteiger partial charge on any atom is 0.138 e. The third kappa shape index (κ3) is 1.58. The first-order valence-electron chi connectivity index (χ1n) is 3.90. The van der Waals surface area contributed by atoms with Crippen LogP contribution < -0.4 is 0 Å². The van der Waals surface area contributed by atoms with Crippen LogP contribution in [-0.4, -0.2) is 51.1 Å². The van der Waals surface area contributed by atoms with Crippen LogP contribution in [0.4, 0.5) is 0 Å². The van der Waals surface area contributed by atoms with E-state index in [0.29, 0.717) is 0 Å². The first-order chi connectivity index (χ1) is 5.95. The molecule has 0 bridgehead atoms. The molecule has 0 radical (unpaired) electrons. The highest BCUT2D eigenvalue weighted by molar-refractivity contribution is 5.56. The molecule has 0 aromatic carbocycles. The van der Waals surface area contributed by atoms with Crippen molar-refractivity contribution in [1.82, 2.24) is 25.1 Å². The third-order valence-electron chi connectivity index (χ3n) is 1.77. The maximum atomic E-state index is 4.10. The van der Waals surface area contributed by atoms with Crippen molar-refractivity contribution in [3.63, 3.8) is 0 Å². The maximum absolute atomic E-state index is 4.10. The average Bonchev–Trinajstić information content (AvgIpc) is 2.74. The van der Waals surface area contributed by atoms with E-state index in [1.807, 2.05) is 6.34 Å². The number of tetrazole rings is 1. The van der Waals surface area contributed by atoms with Crippen LogP contribution in [0.15, 0.2) is 11.3 Å². The summed E-state index contributed by atoms with van der Waals surface area (Å²) in [5, 5.41) is 10.9. The number of hydrogen-bond donors (Lipinski definition) is 0. The van der Waals surface area contributed by atoms with Crippen LogP contribution in [0.1, 0.15) is 0 Å². The Labute approximate surface area is 69.9 Å². The second-order valence-corrected chi connectivity index (χ2v) is 2.63. The fourth-order valence-electron chi connectivity index (χ4n) is 1.10. The minimum Gasteiger partial charge on any atom is -0.359 e. The minimum atomic E-state index is 0.818. The van der Waals surface area contributed by atoms with E-state index in [-0.39, 0.29) is 0 Å². The standard InChI is InChI=1S/C6H10N6/c1-2-11(5-7-1)3-4-12-6-8-9-10-12/h5-6H,1-4H2. The van der Waals surface area contributed by atoms with E-state index >= 15 is 0 Å². The summed E-state index contributed by atoms with van der Waals surface area (Å²) >= 11 is 0. The number of aliphatic imine (C=N–C) groups is 1. The topological polar surface area (TPSA) is 59.2 Å². The molecule has 12 heavy (non-hydrogen) atoms. The highest BCUT2D eigenvalue weighted by Crippen LogP contribution is 1.92. The van der Waals surface area contributed by atoms with Gasteiger partial charge in [-0.25, -0.2) is 4.68 Å². The minimum absolute atomic E-state index is 0.818. The van der Waals surface area contributed by atoms with Crippen LogP contribution in [-0.2, 0) is 6.54 Å². The monoisotopic (exact) mass is 166 g/mol. The van der Waals surface area contributed by atoms with Crippen molar-refractivity contribution in [2.45, 2.75) is 6.54 Å². The Morgan fingerprint density at radius 2 is 2.33 bits per heavy atom. The van der Waals surface area contributed by atoms with Crippen molar-refractivity contribution >= 4 is 6.34 Å². The molecule has 1 aliphatic rings. The van der Waals surface area contributed by atoms with Crippen molar-refractivity contribution in [1.29, 1.82) is 0 Å². The molecule has 0 spiro atoms. The molecule has 0 N–H and O–H groups in total. The van der Waals surface area contributed by atoms with Crippen LogP contribution in [0.3, 0.4) is 0 Å². The molecular formula is C6H10N6. The van der Waals surface area contributed by atoms with Crippen LogP contribution in [0.25, 0.3) is 0 Å². The van der Waals surface area contributed by atoms with E-state index in [0.717, 1.165) is 26.2 Å². The zero-order chi connectivity index (χ0) is 8.23. The Morgan fingerprint density at radius 1 is 1.33 bits per heavy atom. The van der Waals surface area contributed by atoms with Crippen LogP contribution in [0, 0.1) is 0 Å². The number of rotatable bonds is 3. The van der Waals surface area contributed by atoms with E-state index < -0.39 is 0 Å². The number of aromatic nitrogens is 4. The predicted octanol–water partition coefficient (Wildman–Crippen LogP) is -0.983. The van der Waals surface area contributed by atoms with Gasteiger partial charge in [0.05, 0.1) is 19.4 Å². The van der Waals surface area contributed by atoms with Gasteiger partial charge in [0.15, 0.2) is 0 Å². The summed E-state index contributed by atoms with van der Waals surface area (Å²) in [6.45, 7) is 3.67. The molecule has 0 fully saturated rings. The second kappa shape index (κ2) is 3.29. The first-order valence-corrected chi connectivity index (χ1v) is 3.90. The Morgan fingerprint density at radius 3 is 3.00 bits per heavy atom. The van der Waals surface area contributed by atoms with Crippen LogP contribution in [0.5, 0.6) is 0 Å². The van der Waals surface area contributed by atoms with Gasteiger partial charge in [0.2, 0.25) is 0 Å². The lowest BCUT2D eigenvalue weighted by molar-refractivity contribution is 0.416. The summed E-state index contributed by atoms with van der Waals surface area (Å²) in [4.78, 5) is 6.26. The summed E-state index contributed by atoms with van der Waals surface area (Å²) in [5.74, 6) is 0. The first kappa shape index (κ1) is 7.20. The SMILES string of the molecule is C1=NCCN1CCn1cnnn1. The van der Waals surface area contributed by atoms with E-state index in [9.17, 15) is 0 Å². The van der Waals surface area contributed by atoms with E-state index in [1.54, 1.807) is 11.0 Å². The Balaban J connectivity index is 1.78. The van der Waals surface area contributed by atoms with Gasteiger partial charge >= 0.3 is 0 Å². The molecule has 0 saturated carbocycles. The average molecular weight is 166 g/mol. The molecule has 2 rings (SSSR count). The molecule has 0 amide bonds. The molecule has 1 aromatic heterocycles. The van der Waals surface area contributed by atoms with Crippen molar-refractivity contribution in [3.8, 4) is 0 Å². The molecule has 1 aromatic rings. The van der Waals surface area contributed by atoms with E-state index in [2.05, 4.69) is 25.4 Å². The molecular weight excluding hydrogens is 156 g/mol. The van der Waals surface area contributed by atoms with E-state index in [1.165, 1.54) is 0 Å². The van der Waals surface area contributed by atoms with Gasteiger partial charge in [-0.05, 0) is 10.4 Å². The fourth-order valence-corrected chi connectivity index (χ4v) is 1.10. The molecule has 2 heterocycles. The quantitative estimate of drug-likeness (QED) is 0.579. The largest absolute Gasteiger partial charge is 0.359 e. The summed E-state index contributed by atoms with van der Waals surface area (Å²) in [7, 11) is 0. The summed E-state index contributed by atoms with van der Waals surface area (Å²) in [6.07, 6.45) is 3.50. The zero-order valence-electron chi connectivity index (χ0n) is 6.67. The Kier molecular flexibility index (Phi) is 1.98. The van der Waals surface area contributed by atoms with Gasteiger partial charge in [-0.2, -0.15) is 0 Å². The van der Waals surface area contributed by atoms with Gasteiger partial charge < -0.3 is 4.90 Å². The predicted molar refractivity (Wildman–Crippen MR) is 42.7 cm³/mol. The fraction of sp³-hybridized carbons (Fsp3) is 0.667. The normalized spacial score (nSPS) is 15.8. The van der Waals surface area contributed by atoms with Gasteiger partial charge in [0, 0.05) is 13.1 Å². The lowest BCUT2D eigenvalue weighted by Crippen LogP contribution is -2.24. The second-order valence-electron chi connectivity index (χ2n) is 2.63. The molecule has 64 valence electrons. The molecule has 6 nitrogen and oxygen atoms in total. The van der Waals surface area contributed by atoms with E-state index in [4.69, 9.17) is 0 Å². The highest BCUT2D eigenvalue weighted by atomic mass is 15.5. The Bertz CT molecular complexity index is 253. The van der Waals surface area contributed by atoms with Gasteiger partial charge in [-0.15, -0.1) is 5.10 Å². The number of hydrogen-bond acceptors (Lipinski definition) is 5. The highest BCUT2D eigenvalue weighted by Gasteiger charge is 2.04. The lowest BCUT2D eigenvalue weighted by Gasteiger charge is -2.12. The van der Waals surface area contributed by atoms with Crippen LogP contribution in [0.2, 0.25) is 0 Å². The van der Waals surface area contributed by atoms with Gasteiger partial charge in [-0.1, -0.05) is 0 Å². The lowest BCUT2D eigenvalue weighted by atomic mass is 10.5. The molecule has 1 aliphatic heterocycles. The van der Waals surface area contributed by atoms with Gasteiger partial charge in [-0.3, -0.25) is 4.99 Å².